The van der Waals surface area contributed by atoms with Gasteiger partial charge in [0.2, 0.25) is 0 Å². The molecule has 0 aromatic heterocycles. The summed E-state index contributed by atoms with van der Waals surface area (Å²) in [6.45, 7) is 16.1. The van der Waals surface area contributed by atoms with Crippen molar-refractivity contribution < 1.29 is 14.2 Å². The van der Waals surface area contributed by atoms with Crippen LogP contribution < -0.4 is 0 Å². The SMILES string of the molecule is CC1CN(C(C)COCC(C)N2CCOC(C)C2)CCO1. The third kappa shape index (κ3) is 5.49. The first-order valence-corrected chi connectivity index (χ1v) is 8.35. The fourth-order valence-electron chi connectivity index (χ4n) is 3.11. The molecule has 4 unspecified atom stereocenters. The number of hydrogen-bond acceptors (Lipinski definition) is 5. The molecule has 2 aliphatic rings. The summed E-state index contributed by atoms with van der Waals surface area (Å²) in [6, 6.07) is 0.930. The number of hydrogen-bond donors (Lipinski definition) is 0. The molecule has 124 valence electrons. The van der Waals surface area contributed by atoms with E-state index in [4.69, 9.17) is 14.2 Å². The molecule has 21 heavy (non-hydrogen) atoms. The summed E-state index contributed by atoms with van der Waals surface area (Å²) in [5, 5.41) is 0. The Morgan fingerprint density at radius 1 is 0.905 bits per heavy atom. The Bertz CT molecular complexity index is 275. The Hall–Kier alpha value is -0.200. The lowest BCUT2D eigenvalue weighted by Gasteiger charge is -2.37. The molecule has 0 bridgehead atoms. The van der Waals surface area contributed by atoms with Crippen LogP contribution in [-0.4, -0.2) is 86.7 Å². The summed E-state index contributed by atoms with van der Waals surface area (Å²) in [5.41, 5.74) is 0. The summed E-state index contributed by atoms with van der Waals surface area (Å²) >= 11 is 0. The lowest BCUT2D eigenvalue weighted by Crippen LogP contribution is -2.49. The molecule has 2 rings (SSSR count). The highest BCUT2D eigenvalue weighted by Crippen LogP contribution is 2.11. The van der Waals surface area contributed by atoms with Crippen molar-refractivity contribution >= 4 is 0 Å². The van der Waals surface area contributed by atoms with Gasteiger partial charge in [0.1, 0.15) is 0 Å². The van der Waals surface area contributed by atoms with Crippen LogP contribution in [0.3, 0.4) is 0 Å². The van der Waals surface area contributed by atoms with E-state index in [2.05, 4.69) is 37.5 Å². The first-order valence-electron chi connectivity index (χ1n) is 8.35. The van der Waals surface area contributed by atoms with Crippen LogP contribution in [0.4, 0.5) is 0 Å². The second kappa shape index (κ2) is 8.44. The van der Waals surface area contributed by atoms with Crippen LogP contribution in [0.5, 0.6) is 0 Å². The normalized spacial score (nSPS) is 32.0. The van der Waals surface area contributed by atoms with E-state index in [0.717, 1.165) is 52.6 Å². The van der Waals surface area contributed by atoms with Crippen molar-refractivity contribution in [2.45, 2.75) is 52.0 Å². The van der Waals surface area contributed by atoms with Gasteiger partial charge in [0, 0.05) is 38.3 Å². The molecule has 2 fully saturated rings. The molecule has 0 aliphatic carbocycles. The van der Waals surface area contributed by atoms with Crippen molar-refractivity contribution in [3.8, 4) is 0 Å². The van der Waals surface area contributed by atoms with Gasteiger partial charge in [0.15, 0.2) is 0 Å². The minimum atomic E-state index is 0.343. The third-order valence-corrected chi connectivity index (χ3v) is 4.51. The van der Waals surface area contributed by atoms with Crippen molar-refractivity contribution in [3.63, 3.8) is 0 Å². The minimum Gasteiger partial charge on any atom is -0.378 e. The Balaban J connectivity index is 1.63. The van der Waals surface area contributed by atoms with Crippen molar-refractivity contribution in [1.82, 2.24) is 9.80 Å². The van der Waals surface area contributed by atoms with Gasteiger partial charge >= 0.3 is 0 Å². The van der Waals surface area contributed by atoms with E-state index in [1.54, 1.807) is 0 Å². The molecule has 5 nitrogen and oxygen atoms in total. The monoisotopic (exact) mass is 300 g/mol. The van der Waals surface area contributed by atoms with Crippen LogP contribution in [-0.2, 0) is 14.2 Å². The number of rotatable bonds is 6. The first kappa shape index (κ1) is 17.2. The molecule has 0 aromatic rings. The van der Waals surface area contributed by atoms with Gasteiger partial charge in [0.25, 0.3) is 0 Å². The lowest BCUT2D eigenvalue weighted by molar-refractivity contribution is -0.0614. The van der Waals surface area contributed by atoms with Crippen molar-refractivity contribution in [3.05, 3.63) is 0 Å². The van der Waals surface area contributed by atoms with Crippen LogP contribution in [0.25, 0.3) is 0 Å². The second-order valence-electron chi connectivity index (χ2n) is 6.59. The number of morpholine rings is 2. The molecule has 0 saturated carbocycles. The zero-order chi connectivity index (χ0) is 15.2. The average molecular weight is 300 g/mol. The van der Waals surface area contributed by atoms with E-state index in [-0.39, 0.29) is 0 Å². The van der Waals surface area contributed by atoms with Gasteiger partial charge in [-0.05, 0) is 27.7 Å². The van der Waals surface area contributed by atoms with Gasteiger partial charge in [-0.3, -0.25) is 9.80 Å². The van der Waals surface area contributed by atoms with Gasteiger partial charge < -0.3 is 14.2 Å². The zero-order valence-electron chi connectivity index (χ0n) is 14.1. The molecule has 0 aromatic carbocycles. The zero-order valence-corrected chi connectivity index (χ0v) is 14.1. The highest BCUT2D eigenvalue weighted by atomic mass is 16.5. The molecular weight excluding hydrogens is 268 g/mol. The highest BCUT2D eigenvalue weighted by Gasteiger charge is 2.23. The van der Waals surface area contributed by atoms with Gasteiger partial charge in [-0.2, -0.15) is 0 Å². The van der Waals surface area contributed by atoms with Crippen molar-refractivity contribution in [2.75, 3.05) is 52.6 Å². The van der Waals surface area contributed by atoms with Gasteiger partial charge in [-0.15, -0.1) is 0 Å². The first-order chi connectivity index (χ1) is 10.1. The van der Waals surface area contributed by atoms with E-state index >= 15 is 0 Å². The van der Waals surface area contributed by atoms with Gasteiger partial charge in [0.05, 0.1) is 38.6 Å². The van der Waals surface area contributed by atoms with E-state index in [0.29, 0.717) is 24.3 Å². The molecule has 0 spiro atoms. The molecule has 2 aliphatic heterocycles. The fourth-order valence-corrected chi connectivity index (χ4v) is 3.11. The van der Waals surface area contributed by atoms with Gasteiger partial charge in [-0.25, -0.2) is 0 Å². The standard InChI is InChI=1S/C16H32N2O3/c1-13(17-5-7-20-15(3)9-17)11-19-12-14(2)18-6-8-21-16(4)10-18/h13-16H,5-12H2,1-4H3. The van der Waals surface area contributed by atoms with Crippen LogP contribution >= 0.6 is 0 Å². The summed E-state index contributed by atoms with van der Waals surface area (Å²) in [4.78, 5) is 4.94. The Kier molecular flexibility index (Phi) is 6.89. The van der Waals surface area contributed by atoms with E-state index in [1.807, 2.05) is 0 Å². The molecule has 0 N–H and O–H groups in total. The van der Waals surface area contributed by atoms with Gasteiger partial charge in [-0.1, -0.05) is 0 Å². The lowest BCUT2D eigenvalue weighted by atomic mass is 10.2. The Morgan fingerprint density at radius 2 is 1.33 bits per heavy atom. The smallest absolute Gasteiger partial charge is 0.0674 e. The maximum absolute atomic E-state index is 5.97. The quantitative estimate of drug-likeness (QED) is 0.737. The predicted octanol–water partition coefficient (Wildman–Crippen LogP) is 1.22. The average Bonchev–Trinajstić information content (AvgIpc) is 2.47. The van der Waals surface area contributed by atoms with Crippen LogP contribution in [0.2, 0.25) is 0 Å². The molecule has 4 atom stereocenters. The molecule has 0 radical (unpaired) electrons. The Labute approximate surface area is 129 Å². The molecular formula is C16H32N2O3. The summed E-state index contributed by atoms with van der Waals surface area (Å²) in [7, 11) is 0. The van der Waals surface area contributed by atoms with E-state index in [9.17, 15) is 0 Å². The topological polar surface area (TPSA) is 34.2 Å². The maximum atomic E-state index is 5.97. The second-order valence-corrected chi connectivity index (χ2v) is 6.59. The fraction of sp³-hybridized carbons (Fsp3) is 1.00. The summed E-state index contributed by atoms with van der Waals surface area (Å²) in [6.07, 6.45) is 0.685. The molecule has 5 heteroatoms. The number of nitrogens with zero attached hydrogens (tertiary/aromatic N) is 2. The van der Waals surface area contributed by atoms with E-state index < -0.39 is 0 Å². The minimum absolute atomic E-state index is 0.343. The predicted molar refractivity (Wildman–Crippen MR) is 83.7 cm³/mol. The maximum Gasteiger partial charge on any atom is 0.0674 e. The summed E-state index contributed by atoms with van der Waals surface area (Å²) in [5.74, 6) is 0. The van der Waals surface area contributed by atoms with Crippen molar-refractivity contribution in [2.24, 2.45) is 0 Å². The largest absolute Gasteiger partial charge is 0.378 e. The molecule has 2 heterocycles. The molecule has 0 amide bonds. The number of ether oxygens (including phenoxy) is 3. The third-order valence-electron chi connectivity index (χ3n) is 4.51. The summed E-state index contributed by atoms with van der Waals surface area (Å²) < 4.78 is 17.1. The van der Waals surface area contributed by atoms with Crippen LogP contribution in [0, 0.1) is 0 Å². The highest BCUT2D eigenvalue weighted by molar-refractivity contribution is 4.75. The van der Waals surface area contributed by atoms with Crippen LogP contribution in [0.1, 0.15) is 27.7 Å². The molecule has 2 saturated heterocycles. The Morgan fingerprint density at radius 3 is 1.71 bits per heavy atom. The van der Waals surface area contributed by atoms with E-state index in [1.165, 1.54) is 0 Å². The van der Waals surface area contributed by atoms with Crippen LogP contribution in [0.15, 0.2) is 0 Å². The van der Waals surface area contributed by atoms with Crippen molar-refractivity contribution in [1.29, 1.82) is 0 Å².